The average molecular weight is 807 g/mol. The van der Waals surface area contributed by atoms with Crippen LogP contribution in [0.15, 0.2) is 218 Å². The fraction of sp³-hybridized carbons (Fsp3) is 0.115. The summed E-state index contributed by atoms with van der Waals surface area (Å²) < 4.78 is 2.41. The van der Waals surface area contributed by atoms with Crippen LogP contribution in [0, 0.1) is 11.8 Å². The Kier molecular flexibility index (Phi) is 8.24. The maximum atomic E-state index is 2.46. The van der Waals surface area contributed by atoms with Gasteiger partial charge in [0.15, 0.2) is 0 Å². The second kappa shape index (κ2) is 14.3. The third-order valence-electron chi connectivity index (χ3n) is 14.9. The van der Waals surface area contributed by atoms with Crippen molar-refractivity contribution in [3.63, 3.8) is 0 Å². The minimum atomic E-state index is 0.165. The van der Waals surface area contributed by atoms with Crippen LogP contribution in [0.3, 0.4) is 0 Å². The zero-order chi connectivity index (χ0) is 41.5. The second-order valence-corrected chi connectivity index (χ2v) is 18.1. The van der Waals surface area contributed by atoms with Gasteiger partial charge in [-0.1, -0.05) is 170 Å². The maximum absolute atomic E-state index is 2.46. The van der Waals surface area contributed by atoms with E-state index in [0.29, 0.717) is 0 Å². The number of anilines is 3. The Morgan fingerprint density at radius 3 is 1.67 bits per heavy atom. The lowest BCUT2D eigenvalue weighted by Crippen LogP contribution is -2.31. The Morgan fingerprint density at radius 1 is 0.413 bits per heavy atom. The van der Waals surface area contributed by atoms with E-state index in [9.17, 15) is 0 Å². The molecule has 2 nitrogen and oxygen atoms in total. The quantitative estimate of drug-likeness (QED) is 0.156. The smallest absolute Gasteiger partial charge is 0.0561 e. The number of benzene rings is 9. The minimum Gasteiger partial charge on any atom is -0.310 e. The molecule has 1 heterocycles. The van der Waals surface area contributed by atoms with Gasteiger partial charge in [0.2, 0.25) is 0 Å². The largest absolute Gasteiger partial charge is 0.310 e. The highest BCUT2D eigenvalue weighted by atomic mass is 15.1. The number of para-hydroxylation sites is 2. The summed E-state index contributed by atoms with van der Waals surface area (Å²) in [5.74, 6) is 1.60. The summed E-state index contributed by atoms with van der Waals surface area (Å²) in [4.78, 5) is 2.42. The van der Waals surface area contributed by atoms with Crippen molar-refractivity contribution in [3.8, 4) is 50.2 Å². The van der Waals surface area contributed by atoms with E-state index in [2.05, 4.69) is 228 Å². The van der Waals surface area contributed by atoms with Crippen LogP contribution < -0.4 is 4.90 Å². The van der Waals surface area contributed by atoms with Crippen LogP contribution in [0.1, 0.15) is 36.8 Å². The molecule has 3 aliphatic carbocycles. The summed E-state index contributed by atoms with van der Waals surface area (Å²) in [6.45, 7) is 0. The molecular formula is C61H46N2. The molecule has 9 aromatic carbocycles. The van der Waals surface area contributed by atoms with Crippen LogP contribution in [-0.2, 0) is 5.41 Å². The number of nitrogens with zero attached hydrogens (tertiary/aromatic N) is 2. The number of hydrogen-bond acceptors (Lipinski definition) is 1. The molecule has 2 fully saturated rings. The van der Waals surface area contributed by atoms with Gasteiger partial charge in [-0.15, -0.1) is 0 Å². The lowest BCUT2D eigenvalue weighted by Gasteiger charge is -2.36. The third-order valence-corrected chi connectivity index (χ3v) is 14.9. The Labute approximate surface area is 369 Å². The van der Waals surface area contributed by atoms with Crippen LogP contribution >= 0.6 is 0 Å². The van der Waals surface area contributed by atoms with Gasteiger partial charge in [0.1, 0.15) is 0 Å². The van der Waals surface area contributed by atoms with E-state index in [4.69, 9.17) is 0 Å². The number of hydrogen-bond donors (Lipinski definition) is 0. The molecule has 1 aromatic heterocycles. The van der Waals surface area contributed by atoms with Crippen LogP contribution in [0.25, 0.3) is 72.0 Å². The molecule has 10 aromatic rings. The molecule has 300 valence electrons. The number of rotatable bonds is 7. The third kappa shape index (κ3) is 5.64. The van der Waals surface area contributed by atoms with E-state index >= 15 is 0 Å². The van der Waals surface area contributed by atoms with Crippen molar-refractivity contribution < 1.29 is 0 Å². The van der Waals surface area contributed by atoms with Crippen molar-refractivity contribution >= 4 is 38.9 Å². The summed E-state index contributed by atoms with van der Waals surface area (Å²) in [5, 5.41) is 2.50. The van der Waals surface area contributed by atoms with Crippen LogP contribution in [0.2, 0.25) is 0 Å². The molecule has 2 bridgehead atoms. The lowest BCUT2D eigenvalue weighted by atomic mass is 9.66. The van der Waals surface area contributed by atoms with Gasteiger partial charge in [0, 0.05) is 38.9 Å². The van der Waals surface area contributed by atoms with E-state index in [1.165, 1.54) is 92.0 Å². The van der Waals surface area contributed by atoms with Gasteiger partial charge in [-0.3, -0.25) is 0 Å². The first-order chi connectivity index (χ1) is 31.2. The molecule has 0 radical (unpaired) electrons. The van der Waals surface area contributed by atoms with Crippen molar-refractivity contribution in [1.29, 1.82) is 0 Å². The summed E-state index contributed by atoms with van der Waals surface area (Å²) in [7, 11) is 0. The molecule has 13 rings (SSSR count). The molecular weight excluding hydrogens is 761 g/mol. The fourth-order valence-corrected chi connectivity index (χ4v) is 12.2. The molecule has 3 atom stereocenters. The first kappa shape index (κ1) is 36.3. The topological polar surface area (TPSA) is 8.17 Å². The van der Waals surface area contributed by atoms with Crippen LogP contribution in [0.5, 0.6) is 0 Å². The molecule has 3 aliphatic rings. The highest BCUT2D eigenvalue weighted by molar-refractivity contribution is 6.10. The monoisotopic (exact) mass is 806 g/mol. The van der Waals surface area contributed by atoms with Crippen LogP contribution in [-0.4, -0.2) is 4.57 Å². The van der Waals surface area contributed by atoms with Gasteiger partial charge in [-0.2, -0.15) is 0 Å². The van der Waals surface area contributed by atoms with E-state index in [1.54, 1.807) is 11.1 Å². The number of fused-ring (bicyclic) bond motifs is 11. The van der Waals surface area contributed by atoms with Crippen molar-refractivity contribution in [2.75, 3.05) is 4.90 Å². The standard InChI is InChI=1S/C61H46N2/c1-3-12-42(13-4-1)43-23-25-44(26-24-43)45-27-32-49(33-28-45)62(51-36-37-54-53-16-8-10-21-58(53)63(59(54)39-51)48-14-5-2-6-15-48)50-34-29-46(30-35-50)52-18-11-20-57-60(52)55-17-7-9-19-56(55)61(57)40-41-22-31-47(61)38-41/h1-21,23-30,32-37,39,41,47H,22,31,38,40H2. The number of aromatic nitrogens is 1. The molecule has 0 N–H and O–H groups in total. The van der Waals surface area contributed by atoms with Gasteiger partial charge in [-0.25, -0.2) is 0 Å². The predicted octanol–water partition coefficient (Wildman–Crippen LogP) is 16.3. The van der Waals surface area contributed by atoms with Crippen molar-refractivity contribution in [1.82, 2.24) is 4.57 Å². The van der Waals surface area contributed by atoms with E-state index in [0.717, 1.165) is 34.6 Å². The lowest BCUT2D eigenvalue weighted by molar-refractivity contribution is 0.327. The Bertz CT molecular complexity index is 3330. The predicted molar refractivity (Wildman–Crippen MR) is 263 cm³/mol. The summed E-state index contributed by atoms with van der Waals surface area (Å²) in [5.41, 5.74) is 20.6. The normalized spacial score (nSPS) is 18.3. The minimum absolute atomic E-state index is 0.165. The van der Waals surface area contributed by atoms with Crippen LogP contribution in [0.4, 0.5) is 17.1 Å². The van der Waals surface area contributed by atoms with Crippen molar-refractivity contribution in [2.24, 2.45) is 11.8 Å². The van der Waals surface area contributed by atoms with Gasteiger partial charge in [-0.05, 0) is 141 Å². The highest BCUT2D eigenvalue weighted by Gasteiger charge is 2.57. The maximum Gasteiger partial charge on any atom is 0.0561 e. The van der Waals surface area contributed by atoms with E-state index < -0.39 is 0 Å². The SMILES string of the molecule is c1ccc(-c2ccc(-c3ccc(N(c4ccc(-c5cccc6c5-c5ccccc5C65CC6CCC5C6)cc4)c4ccc5c6ccccc6n(-c6ccccc6)c5c4)cc3)cc2)cc1. The Balaban J connectivity index is 0.932. The first-order valence-electron chi connectivity index (χ1n) is 22.7. The molecule has 2 heteroatoms. The van der Waals surface area contributed by atoms with Gasteiger partial charge in [0.25, 0.3) is 0 Å². The Hall–Kier alpha value is -7.42. The summed E-state index contributed by atoms with van der Waals surface area (Å²) in [6.07, 6.45) is 5.42. The summed E-state index contributed by atoms with van der Waals surface area (Å²) in [6, 6.07) is 81.0. The highest BCUT2D eigenvalue weighted by Crippen LogP contribution is 2.66. The zero-order valence-electron chi connectivity index (χ0n) is 35.2. The van der Waals surface area contributed by atoms with E-state index in [1.807, 2.05) is 0 Å². The summed E-state index contributed by atoms with van der Waals surface area (Å²) >= 11 is 0. The molecule has 0 aliphatic heterocycles. The van der Waals surface area contributed by atoms with E-state index in [-0.39, 0.29) is 5.41 Å². The van der Waals surface area contributed by atoms with Crippen molar-refractivity contribution in [3.05, 3.63) is 230 Å². The molecule has 3 unspecified atom stereocenters. The zero-order valence-corrected chi connectivity index (χ0v) is 35.2. The molecule has 0 saturated heterocycles. The fourth-order valence-electron chi connectivity index (χ4n) is 12.2. The Morgan fingerprint density at radius 2 is 0.968 bits per heavy atom. The van der Waals surface area contributed by atoms with Gasteiger partial charge in [0.05, 0.1) is 11.0 Å². The van der Waals surface area contributed by atoms with Crippen molar-refractivity contribution in [2.45, 2.75) is 31.1 Å². The van der Waals surface area contributed by atoms with Gasteiger partial charge >= 0.3 is 0 Å². The second-order valence-electron chi connectivity index (χ2n) is 18.1. The first-order valence-corrected chi connectivity index (χ1v) is 22.7. The average Bonchev–Trinajstić information content (AvgIpc) is 4.13. The molecule has 63 heavy (non-hydrogen) atoms. The molecule has 1 spiro atoms. The molecule has 2 saturated carbocycles. The van der Waals surface area contributed by atoms with Gasteiger partial charge < -0.3 is 9.47 Å². The molecule has 0 amide bonds.